The quantitative estimate of drug-likeness (QED) is 0.425. The van der Waals surface area contributed by atoms with Gasteiger partial charge in [0.25, 0.3) is 0 Å². The zero-order valence-corrected chi connectivity index (χ0v) is 10.4. The minimum absolute atomic E-state index is 0. The van der Waals surface area contributed by atoms with Crippen LogP contribution in [0, 0.1) is 12.7 Å². The molecule has 1 rings (SSSR count). The molecule has 13 heavy (non-hydrogen) atoms. The van der Waals surface area contributed by atoms with Gasteiger partial charge in [0.2, 0.25) is 0 Å². The first-order chi connectivity index (χ1) is 5.43. The van der Waals surface area contributed by atoms with Gasteiger partial charge in [0.05, 0.1) is 0 Å². The predicted octanol–water partition coefficient (Wildman–Crippen LogP) is -0.807. The molecule has 0 N–H and O–H groups in total. The Morgan fingerprint density at radius 2 is 1.69 bits per heavy atom. The topological polar surface area (TPSA) is 0 Å². The molecule has 0 aliphatic heterocycles. The van der Waals surface area contributed by atoms with Crippen molar-refractivity contribution in [3.8, 4) is 0 Å². The molecule has 0 unspecified atom stereocenters. The Kier molecular flexibility index (Phi) is 5.17. The van der Waals surface area contributed by atoms with Crippen LogP contribution in [0.5, 0.6) is 0 Å². The van der Waals surface area contributed by atoms with E-state index in [1.54, 1.807) is 0 Å². The summed E-state index contributed by atoms with van der Waals surface area (Å²) < 4.78 is 49.0. The van der Waals surface area contributed by atoms with Crippen LogP contribution in [-0.2, 0) is 0 Å². The first-order valence-corrected chi connectivity index (χ1v) is 3.38. The molecule has 0 radical (unpaired) electrons. The summed E-state index contributed by atoms with van der Waals surface area (Å²) in [6.07, 6.45) is 0. The molecule has 0 bridgehead atoms. The van der Waals surface area contributed by atoms with Crippen molar-refractivity contribution in [1.29, 1.82) is 0 Å². The largest absolute Gasteiger partial charge is 1.00 e. The average molecular weight is 216 g/mol. The van der Waals surface area contributed by atoms with E-state index in [9.17, 15) is 17.3 Å². The van der Waals surface area contributed by atoms with Gasteiger partial charge in [-0.05, 0) is 18.6 Å². The van der Waals surface area contributed by atoms with Crippen LogP contribution in [0.2, 0.25) is 0 Å². The zero-order chi connectivity index (χ0) is 9.35. The molecule has 0 fully saturated rings. The molecule has 0 amide bonds. The molecule has 0 nitrogen and oxygen atoms in total. The van der Waals surface area contributed by atoms with Gasteiger partial charge in [-0.1, -0.05) is 12.1 Å². The van der Waals surface area contributed by atoms with Crippen molar-refractivity contribution in [3.05, 3.63) is 29.6 Å². The van der Waals surface area contributed by atoms with Crippen molar-refractivity contribution in [2.45, 2.75) is 6.92 Å². The van der Waals surface area contributed by atoms with Crippen LogP contribution in [0.15, 0.2) is 18.2 Å². The zero-order valence-electron chi connectivity index (χ0n) is 7.32. The molecule has 1 aromatic rings. The molecular weight excluding hydrogens is 210 g/mol. The maximum Gasteiger partial charge on any atom is 1.00 e. The Bertz CT molecular complexity index is 297. The van der Waals surface area contributed by atoms with Gasteiger partial charge in [0, 0.05) is 0 Å². The fourth-order valence-electron chi connectivity index (χ4n) is 0.979. The second kappa shape index (κ2) is 4.93. The summed E-state index contributed by atoms with van der Waals surface area (Å²) in [4.78, 5) is 0. The summed E-state index contributed by atoms with van der Waals surface area (Å²) in [5, 5.41) is 0. The monoisotopic (exact) mass is 216 g/mol. The summed E-state index contributed by atoms with van der Waals surface area (Å²) in [6.45, 7) is -3.96. The fraction of sp³-hybridized carbons (Fsp3) is 0.143. The molecule has 0 spiro atoms. The fourth-order valence-corrected chi connectivity index (χ4v) is 0.979. The summed E-state index contributed by atoms with van der Waals surface area (Å²) in [5.74, 6) is -0.813. The Morgan fingerprint density at radius 3 is 2.08 bits per heavy atom. The molecule has 0 saturated heterocycles. The Hall–Kier alpha value is 0.641. The van der Waals surface area contributed by atoms with Crippen LogP contribution >= 0.6 is 0 Å². The van der Waals surface area contributed by atoms with E-state index in [2.05, 4.69) is 0 Å². The molecule has 0 atom stereocenters. The van der Waals surface area contributed by atoms with Gasteiger partial charge in [-0.2, -0.15) is 0 Å². The van der Waals surface area contributed by atoms with Gasteiger partial charge in [0.1, 0.15) is 5.82 Å². The van der Waals surface area contributed by atoms with Crippen LogP contribution in [-0.4, -0.2) is 6.98 Å². The van der Waals surface area contributed by atoms with E-state index in [4.69, 9.17) is 0 Å². The molecule has 6 heteroatoms. The Morgan fingerprint density at radius 1 is 1.15 bits per heavy atom. The van der Waals surface area contributed by atoms with Gasteiger partial charge in [0.15, 0.2) is 0 Å². The third-order valence-corrected chi connectivity index (χ3v) is 1.66. The smallest absolute Gasteiger partial charge is 0.445 e. The van der Waals surface area contributed by atoms with E-state index in [0.717, 1.165) is 25.1 Å². The second-order valence-electron chi connectivity index (χ2n) is 2.53. The van der Waals surface area contributed by atoms with Gasteiger partial charge in [-0.15, -0.1) is 5.46 Å². The molecule has 1 aromatic carbocycles. The number of rotatable bonds is 1. The molecule has 0 heterocycles. The predicted molar refractivity (Wildman–Crippen MR) is 39.8 cm³/mol. The van der Waals surface area contributed by atoms with Crippen LogP contribution < -0.4 is 56.8 Å². The van der Waals surface area contributed by atoms with E-state index in [-0.39, 0.29) is 56.9 Å². The maximum absolute atomic E-state index is 12.6. The number of benzene rings is 1. The molecule has 66 valence electrons. The van der Waals surface area contributed by atoms with Crippen molar-refractivity contribution in [3.63, 3.8) is 0 Å². The number of hydrogen-bond acceptors (Lipinski definition) is 0. The van der Waals surface area contributed by atoms with Crippen molar-refractivity contribution in [1.82, 2.24) is 0 Å². The number of hydrogen-bond donors (Lipinski definition) is 0. The van der Waals surface area contributed by atoms with Gasteiger partial charge in [-0.25, -0.2) is 4.39 Å². The minimum Gasteiger partial charge on any atom is -0.445 e. The van der Waals surface area contributed by atoms with Crippen molar-refractivity contribution < 1.29 is 68.7 Å². The normalized spacial score (nSPS) is 10.8. The summed E-state index contributed by atoms with van der Waals surface area (Å²) >= 11 is 0. The summed E-state index contributed by atoms with van der Waals surface area (Å²) in [7, 11) is 0. The average Bonchev–Trinajstić information content (AvgIpc) is 1.92. The van der Waals surface area contributed by atoms with Crippen molar-refractivity contribution in [2.75, 3.05) is 0 Å². The standard InChI is InChI=1S/C7H6BF4.K/c1-5-6(8(10,11)12)3-2-4-7(5)9;/h2-4H,1H3;/q-1;+1. The van der Waals surface area contributed by atoms with Crippen LogP contribution in [0.4, 0.5) is 17.3 Å². The van der Waals surface area contributed by atoms with Crippen molar-refractivity contribution in [2.24, 2.45) is 0 Å². The van der Waals surface area contributed by atoms with E-state index >= 15 is 0 Å². The third-order valence-electron chi connectivity index (χ3n) is 1.66. The molecule has 0 aliphatic carbocycles. The summed E-state index contributed by atoms with van der Waals surface area (Å²) in [5.41, 5.74) is -1.18. The first kappa shape index (κ1) is 13.6. The van der Waals surface area contributed by atoms with Gasteiger partial charge >= 0.3 is 58.4 Å². The Balaban J connectivity index is 0.00000144. The molecule has 0 aliphatic rings. The van der Waals surface area contributed by atoms with Gasteiger partial charge in [-0.3, -0.25) is 0 Å². The van der Waals surface area contributed by atoms with Crippen LogP contribution in [0.1, 0.15) is 5.56 Å². The second-order valence-corrected chi connectivity index (χ2v) is 2.53. The van der Waals surface area contributed by atoms with E-state index < -0.39 is 18.3 Å². The summed E-state index contributed by atoms with van der Waals surface area (Å²) in [6, 6.07) is 2.96. The Labute approximate surface area is 116 Å². The minimum atomic E-state index is -5.09. The SMILES string of the molecule is Cc1c(F)cccc1[B-](F)(F)F.[K+]. The van der Waals surface area contributed by atoms with Crippen LogP contribution in [0.25, 0.3) is 0 Å². The van der Waals surface area contributed by atoms with E-state index in [1.807, 2.05) is 0 Å². The molecule has 0 aromatic heterocycles. The molecule has 0 saturated carbocycles. The third kappa shape index (κ3) is 3.36. The van der Waals surface area contributed by atoms with E-state index in [0.29, 0.717) is 0 Å². The molecular formula is C7H6BF4K. The van der Waals surface area contributed by atoms with Crippen molar-refractivity contribution >= 4 is 12.4 Å². The maximum atomic E-state index is 12.6. The first-order valence-electron chi connectivity index (χ1n) is 3.38. The van der Waals surface area contributed by atoms with E-state index in [1.165, 1.54) is 0 Å². The van der Waals surface area contributed by atoms with Crippen LogP contribution in [0.3, 0.4) is 0 Å². The number of halogens is 4. The van der Waals surface area contributed by atoms with Gasteiger partial charge < -0.3 is 12.9 Å².